The molecule has 110 valence electrons. The van der Waals surface area contributed by atoms with Crippen LogP contribution in [-0.4, -0.2) is 22.6 Å². The van der Waals surface area contributed by atoms with Crippen molar-refractivity contribution in [1.29, 1.82) is 0 Å². The number of unbranched alkanes of at least 4 members (excludes halogenated alkanes) is 7. The quantitative estimate of drug-likeness (QED) is 0.546. The normalized spacial score (nSPS) is 11.0. The summed E-state index contributed by atoms with van der Waals surface area (Å²) in [7, 11) is 0. The van der Waals surface area contributed by atoms with Gasteiger partial charge in [0, 0.05) is 18.9 Å². The number of imidazole rings is 1. The maximum absolute atomic E-state index is 4.04. The van der Waals surface area contributed by atoms with Gasteiger partial charge in [0.15, 0.2) is 0 Å². The van der Waals surface area contributed by atoms with Gasteiger partial charge in [-0.15, -0.1) is 0 Å². The molecule has 1 aromatic rings. The molecule has 0 aliphatic heterocycles. The van der Waals surface area contributed by atoms with Crippen LogP contribution in [0.25, 0.3) is 0 Å². The highest BCUT2D eigenvalue weighted by molar-refractivity contribution is 4.73. The van der Waals surface area contributed by atoms with E-state index in [1.807, 2.05) is 18.7 Å². The topological polar surface area (TPSA) is 29.9 Å². The van der Waals surface area contributed by atoms with Crippen LogP contribution in [0, 0.1) is 0 Å². The van der Waals surface area contributed by atoms with Gasteiger partial charge in [-0.05, 0) is 25.9 Å². The number of hydrogen-bond acceptors (Lipinski definition) is 2. The zero-order chi connectivity index (χ0) is 13.6. The van der Waals surface area contributed by atoms with E-state index in [0.29, 0.717) is 0 Å². The van der Waals surface area contributed by atoms with Crippen molar-refractivity contribution in [3.05, 3.63) is 18.7 Å². The largest absolute Gasteiger partial charge is 0.337 e. The zero-order valence-electron chi connectivity index (χ0n) is 12.6. The van der Waals surface area contributed by atoms with E-state index in [0.717, 1.165) is 13.1 Å². The summed E-state index contributed by atoms with van der Waals surface area (Å²) in [6.07, 6.45) is 18.1. The molecule has 1 N–H and O–H groups in total. The van der Waals surface area contributed by atoms with Gasteiger partial charge in [0.2, 0.25) is 0 Å². The highest BCUT2D eigenvalue weighted by Crippen LogP contribution is 2.07. The Morgan fingerprint density at radius 3 is 2.26 bits per heavy atom. The molecule has 0 radical (unpaired) electrons. The van der Waals surface area contributed by atoms with Crippen molar-refractivity contribution in [3.63, 3.8) is 0 Å². The number of rotatable bonds is 13. The van der Waals surface area contributed by atoms with Gasteiger partial charge >= 0.3 is 0 Å². The number of hydrogen-bond donors (Lipinski definition) is 1. The lowest BCUT2D eigenvalue weighted by Crippen LogP contribution is -2.18. The second kappa shape index (κ2) is 12.2. The van der Waals surface area contributed by atoms with Crippen LogP contribution in [0.5, 0.6) is 0 Å². The van der Waals surface area contributed by atoms with E-state index in [4.69, 9.17) is 0 Å². The van der Waals surface area contributed by atoms with Crippen LogP contribution in [0.15, 0.2) is 18.7 Å². The maximum Gasteiger partial charge on any atom is 0.0945 e. The third-order valence-electron chi connectivity index (χ3n) is 3.54. The molecule has 1 aromatic heterocycles. The lowest BCUT2D eigenvalue weighted by Gasteiger charge is -2.05. The summed E-state index contributed by atoms with van der Waals surface area (Å²) >= 11 is 0. The van der Waals surface area contributed by atoms with Crippen molar-refractivity contribution in [1.82, 2.24) is 14.9 Å². The maximum atomic E-state index is 4.04. The molecule has 0 aliphatic carbocycles. The second-order valence-electron chi connectivity index (χ2n) is 5.38. The molecule has 0 fully saturated rings. The van der Waals surface area contributed by atoms with Crippen LogP contribution >= 0.6 is 0 Å². The fourth-order valence-electron chi connectivity index (χ4n) is 2.31. The molecule has 3 nitrogen and oxygen atoms in total. The molecule has 0 unspecified atom stereocenters. The van der Waals surface area contributed by atoms with Gasteiger partial charge < -0.3 is 9.88 Å². The standard InChI is InChI=1S/C16H31N3/c1-2-3-4-5-6-7-8-9-11-17-12-10-14-19-15-13-18-16-19/h13,15-17H,2-12,14H2,1H3. The number of aryl methyl sites for hydroxylation is 1. The fourth-order valence-corrected chi connectivity index (χ4v) is 2.31. The van der Waals surface area contributed by atoms with Crippen molar-refractivity contribution < 1.29 is 0 Å². The van der Waals surface area contributed by atoms with Gasteiger partial charge in [-0.3, -0.25) is 0 Å². The highest BCUT2D eigenvalue weighted by atomic mass is 15.0. The molecule has 3 heteroatoms. The number of nitrogens with zero attached hydrogens (tertiary/aromatic N) is 2. The van der Waals surface area contributed by atoms with Crippen molar-refractivity contribution in [3.8, 4) is 0 Å². The molecule has 19 heavy (non-hydrogen) atoms. The third-order valence-corrected chi connectivity index (χ3v) is 3.54. The Morgan fingerprint density at radius 2 is 1.58 bits per heavy atom. The number of nitrogens with one attached hydrogen (secondary N) is 1. The van der Waals surface area contributed by atoms with Crippen LogP contribution in [0.2, 0.25) is 0 Å². The van der Waals surface area contributed by atoms with Crippen LogP contribution < -0.4 is 5.32 Å². The molecule has 1 heterocycles. The first kappa shape index (κ1) is 16.2. The fraction of sp³-hybridized carbons (Fsp3) is 0.812. The van der Waals surface area contributed by atoms with Crippen LogP contribution in [0.1, 0.15) is 64.7 Å². The number of aromatic nitrogens is 2. The molecule has 0 aliphatic rings. The summed E-state index contributed by atoms with van der Waals surface area (Å²) in [5, 5.41) is 3.53. The minimum atomic E-state index is 1.07. The van der Waals surface area contributed by atoms with E-state index in [2.05, 4.69) is 21.8 Å². The lowest BCUT2D eigenvalue weighted by molar-refractivity contribution is 0.537. The van der Waals surface area contributed by atoms with Crippen molar-refractivity contribution in [2.75, 3.05) is 13.1 Å². The molecule has 0 saturated carbocycles. The Labute approximate surface area is 118 Å². The zero-order valence-corrected chi connectivity index (χ0v) is 12.6. The van der Waals surface area contributed by atoms with Gasteiger partial charge in [-0.2, -0.15) is 0 Å². The first-order chi connectivity index (χ1) is 9.43. The third kappa shape index (κ3) is 9.71. The van der Waals surface area contributed by atoms with E-state index in [9.17, 15) is 0 Å². The molecule has 0 aromatic carbocycles. The summed E-state index contributed by atoms with van der Waals surface area (Å²) in [6, 6.07) is 0. The van der Waals surface area contributed by atoms with Gasteiger partial charge in [-0.25, -0.2) is 4.98 Å². The summed E-state index contributed by atoms with van der Waals surface area (Å²) in [4.78, 5) is 4.04. The van der Waals surface area contributed by atoms with E-state index in [-0.39, 0.29) is 0 Å². The lowest BCUT2D eigenvalue weighted by atomic mass is 10.1. The summed E-state index contributed by atoms with van der Waals surface area (Å²) in [5.74, 6) is 0. The average Bonchev–Trinajstić information content (AvgIpc) is 2.93. The Hall–Kier alpha value is -0.830. The van der Waals surface area contributed by atoms with E-state index < -0.39 is 0 Å². The predicted molar refractivity (Wildman–Crippen MR) is 82.3 cm³/mol. The SMILES string of the molecule is CCCCCCCCCCNCCCn1ccnc1. The minimum Gasteiger partial charge on any atom is -0.337 e. The molecule has 0 spiro atoms. The molecular weight excluding hydrogens is 234 g/mol. The molecule has 0 atom stereocenters. The van der Waals surface area contributed by atoms with Crippen molar-refractivity contribution in [2.24, 2.45) is 0 Å². The van der Waals surface area contributed by atoms with E-state index in [1.54, 1.807) is 0 Å². The summed E-state index contributed by atoms with van der Waals surface area (Å²) < 4.78 is 2.14. The first-order valence-corrected chi connectivity index (χ1v) is 8.10. The molecule has 1 rings (SSSR count). The second-order valence-corrected chi connectivity index (χ2v) is 5.38. The summed E-state index contributed by atoms with van der Waals surface area (Å²) in [5.41, 5.74) is 0. The predicted octanol–water partition coefficient (Wildman–Crippen LogP) is 4.00. The van der Waals surface area contributed by atoms with Crippen LogP contribution in [-0.2, 0) is 6.54 Å². The van der Waals surface area contributed by atoms with E-state index in [1.165, 1.54) is 64.3 Å². The monoisotopic (exact) mass is 265 g/mol. The van der Waals surface area contributed by atoms with Gasteiger partial charge in [-0.1, -0.05) is 51.9 Å². The Morgan fingerprint density at radius 1 is 0.895 bits per heavy atom. The van der Waals surface area contributed by atoms with Gasteiger partial charge in [0.25, 0.3) is 0 Å². The molecule has 0 saturated heterocycles. The Kier molecular flexibility index (Phi) is 10.4. The van der Waals surface area contributed by atoms with Gasteiger partial charge in [0.1, 0.15) is 0 Å². The average molecular weight is 265 g/mol. The smallest absolute Gasteiger partial charge is 0.0945 e. The van der Waals surface area contributed by atoms with E-state index >= 15 is 0 Å². The molecule has 0 amide bonds. The van der Waals surface area contributed by atoms with Crippen molar-refractivity contribution in [2.45, 2.75) is 71.3 Å². The Balaban J connectivity index is 1.72. The van der Waals surface area contributed by atoms with Gasteiger partial charge in [0.05, 0.1) is 6.33 Å². The minimum absolute atomic E-state index is 1.07. The Bertz CT molecular complexity index is 270. The van der Waals surface area contributed by atoms with Crippen molar-refractivity contribution >= 4 is 0 Å². The molecular formula is C16H31N3. The van der Waals surface area contributed by atoms with Crippen LogP contribution in [0.4, 0.5) is 0 Å². The highest BCUT2D eigenvalue weighted by Gasteiger charge is 1.93. The first-order valence-electron chi connectivity index (χ1n) is 8.10. The van der Waals surface area contributed by atoms with Crippen LogP contribution in [0.3, 0.4) is 0 Å². The summed E-state index contributed by atoms with van der Waals surface area (Å²) in [6.45, 7) is 5.65. The molecule has 0 bridgehead atoms.